The third-order valence-corrected chi connectivity index (χ3v) is 4.50. The van der Waals surface area contributed by atoms with Crippen LogP contribution < -0.4 is 5.73 Å². The summed E-state index contributed by atoms with van der Waals surface area (Å²) in [5.74, 6) is 0.873. The number of rotatable bonds is 3. The summed E-state index contributed by atoms with van der Waals surface area (Å²) in [5.41, 5.74) is 6.08. The van der Waals surface area contributed by atoms with Gasteiger partial charge in [-0.3, -0.25) is 0 Å². The van der Waals surface area contributed by atoms with E-state index in [2.05, 4.69) is 17.1 Å². The van der Waals surface area contributed by atoms with E-state index in [0.717, 1.165) is 10.9 Å². The maximum Gasteiger partial charge on any atom is 0.188 e. The molecule has 0 bridgehead atoms. The Hall–Kier alpha value is -1.23. The molecule has 5 heteroatoms. The van der Waals surface area contributed by atoms with Crippen molar-refractivity contribution in [2.45, 2.75) is 42.9 Å². The number of hydrogen-bond acceptors (Lipinski definition) is 4. The Balaban J connectivity index is 2.05. The normalized spacial score (nSPS) is 25.1. The van der Waals surface area contributed by atoms with Crippen LogP contribution in [0.3, 0.4) is 0 Å². The molecule has 2 atom stereocenters. The second kappa shape index (κ2) is 6.09. The van der Waals surface area contributed by atoms with E-state index in [1.54, 1.807) is 6.07 Å². The van der Waals surface area contributed by atoms with Crippen LogP contribution in [0.25, 0.3) is 0 Å². The zero-order valence-corrected chi connectivity index (χ0v) is 11.4. The average molecular weight is 265 g/mol. The van der Waals surface area contributed by atoms with Crippen LogP contribution in [0.2, 0.25) is 0 Å². The highest BCUT2D eigenvalue weighted by Crippen LogP contribution is 2.35. The second-order valence-electron chi connectivity index (χ2n) is 4.86. The lowest BCUT2D eigenvalue weighted by Gasteiger charge is -2.25. The molecule has 1 aromatic rings. The number of amidine groups is 1. The fourth-order valence-electron chi connectivity index (χ4n) is 2.33. The highest BCUT2D eigenvalue weighted by molar-refractivity contribution is 7.99. The predicted molar refractivity (Wildman–Crippen MR) is 74.0 cm³/mol. The minimum atomic E-state index is 0.0643. The summed E-state index contributed by atoms with van der Waals surface area (Å²) in [4.78, 5) is 4.41. The molecule has 2 unspecified atom stereocenters. The van der Waals surface area contributed by atoms with Crippen LogP contribution in [-0.4, -0.2) is 21.3 Å². The zero-order valence-electron chi connectivity index (χ0n) is 10.5. The van der Waals surface area contributed by atoms with Gasteiger partial charge in [0.05, 0.1) is 5.03 Å². The Morgan fingerprint density at radius 2 is 2.33 bits per heavy atom. The summed E-state index contributed by atoms with van der Waals surface area (Å²) in [7, 11) is 0. The highest BCUT2D eigenvalue weighted by atomic mass is 32.2. The summed E-state index contributed by atoms with van der Waals surface area (Å²) in [6.07, 6.45) is 5.15. The van der Waals surface area contributed by atoms with Gasteiger partial charge >= 0.3 is 0 Å². The first kappa shape index (κ1) is 13.2. The number of nitrogens with two attached hydrogens (primary N) is 1. The summed E-state index contributed by atoms with van der Waals surface area (Å²) in [5, 5.41) is 13.2. The van der Waals surface area contributed by atoms with Crippen molar-refractivity contribution in [2.75, 3.05) is 0 Å². The zero-order chi connectivity index (χ0) is 13.0. The van der Waals surface area contributed by atoms with Gasteiger partial charge in [0.15, 0.2) is 5.84 Å². The molecule has 3 N–H and O–H groups in total. The van der Waals surface area contributed by atoms with Gasteiger partial charge in [-0.05, 0) is 30.9 Å². The number of aromatic nitrogens is 1. The van der Waals surface area contributed by atoms with Gasteiger partial charge in [-0.2, -0.15) is 0 Å². The first-order chi connectivity index (χ1) is 8.69. The van der Waals surface area contributed by atoms with Crippen molar-refractivity contribution in [1.82, 2.24) is 4.98 Å². The van der Waals surface area contributed by atoms with E-state index < -0.39 is 0 Å². The summed E-state index contributed by atoms with van der Waals surface area (Å²) in [6.45, 7) is 2.31. The molecule has 0 saturated heterocycles. The molecular weight excluding hydrogens is 246 g/mol. The second-order valence-corrected chi connectivity index (χ2v) is 6.18. The molecule has 0 amide bonds. The molecule has 1 saturated carbocycles. The first-order valence-corrected chi connectivity index (χ1v) is 7.18. The van der Waals surface area contributed by atoms with Crippen LogP contribution in [0.15, 0.2) is 28.4 Å². The van der Waals surface area contributed by atoms with E-state index >= 15 is 0 Å². The number of thioether (sulfide) groups is 1. The van der Waals surface area contributed by atoms with Crippen LogP contribution in [0.1, 0.15) is 38.3 Å². The van der Waals surface area contributed by atoms with Gasteiger partial charge in [0.25, 0.3) is 0 Å². The summed E-state index contributed by atoms with van der Waals surface area (Å²) >= 11 is 1.81. The average Bonchev–Trinajstić information content (AvgIpc) is 2.38. The molecule has 1 fully saturated rings. The third-order valence-electron chi connectivity index (χ3n) is 3.27. The summed E-state index contributed by atoms with van der Waals surface area (Å²) in [6, 6.07) is 5.63. The minimum Gasteiger partial charge on any atom is -0.409 e. The molecule has 0 spiro atoms. The molecule has 1 aliphatic rings. The van der Waals surface area contributed by atoms with Crippen molar-refractivity contribution >= 4 is 17.6 Å². The van der Waals surface area contributed by atoms with Crippen molar-refractivity contribution in [2.24, 2.45) is 16.8 Å². The van der Waals surface area contributed by atoms with Gasteiger partial charge in [-0.15, -0.1) is 11.8 Å². The maximum absolute atomic E-state index is 8.65. The lowest BCUT2D eigenvalue weighted by molar-refractivity contribution is 0.318. The van der Waals surface area contributed by atoms with Gasteiger partial charge in [-0.1, -0.05) is 31.0 Å². The van der Waals surface area contributed by atoms with Crippen molar-refractivity contribution < 1.29 is 5.21 Å². The topological polar surface area (TPSA) is 71.5 Å². The Bertz CT molecular complexity index is 436. The molecule has 1 heterocycles. The largest absolute Gasteiger partial charge is 0.409 e. The van der Waals surface area contributed by atoms with Crippen molar-refractivity contribution in [3.63, 3.8) is 0 Å². The van der Waals surface area contributed by atoms with Crippen LogP contribution in [0.4, 0.5) is 0 Å². The SMILES string of the molecule is CC1CCCC(Sc2cccc(C(N)=NO)n2)C1. The van der Waals surface area contributed by atoms with E-state index in [9.17, 15) is 0 Å². The van der Waals surface area contributed by atoms with E-state index in [1.165, 1.54) is 25.7 Å². The quantitative estimate of drug-likeness (QED) is 0.381. The van der Waals surface area contributed by atoms with Crippen molar-refractivity contribution in [3.05, 3.63) is 23.9 Å². The van der Waals surface area contributed by atoms with Gasteiger partial charge in [0.2, 0.25) is 0 Å². The fourth-order valence-corrected chi connectivity index (χ4v) is 3.69. The molecule has 1 aromatic heterocycles. The van der Waals surface area contributed by atoms with Gasteiger partial charge in [0.1, 0.15) is 5.69 Å². The monoisotopic (exact) mass is 265 g/mol. The van der Waals surface area contributed by atoms with Gasteiger partial charge < -0.3 is 10.9 Å². The lowest BCUT2D eigenvalue weighted by Crippen LogP contribution is -2.17. The van der Waals surface area contributed by atoms with Gasteiger partial charge in [0, 0.05) is 5.25 Å². The minimum absolute atomic E-state index is 0.0643. The lowest BCUT2D eigenvalue weighted by atomic mass is 9.91. The molecule has 98 valence electrons. The number of pyridine rings is 1. The van der Waals surface area contributed by atoms with E-state index in [0.29, 0.717) is 10.9 Å². The number of hydrogen-bond donors (Lipinski definition) is 2. The highest BCUT2D eigenvalue weighted by Gasteiger charge is 2.20. The Morgan fingerprint density at radius 1 is 1.50 bits per heavy atom. The Kier molecular flexibility index (Phi) is 4.47. The van der Waals surface area contributed by atoms with Crippen LogP contribution in [-0.2, 0) is 0 Å². The molecule has 1 aliphatic carbocycles. The van der Waals surface area contributed by atoms with E-state index in [4.69, 9.17) is 10.9 Å². The van der Waals surface area contributed by atoms with Crippen LogP contribution in [0, 0.1) is 5.92 Å². The molecule has 4 nitrogen and oxygen atoms in total. The van der Waals surface area contributed by atoms with Crippen molar-refractivity contribution in [3.8, 4) is 0 Å². The number of oxime groups is 1. The Morgan fingerprint density at radius 3 is 3.06 bits per heavy atom. The van der Waals surface area contributed by atoms with E-state index in [1.807, 2.05) is 23.9 Å². The van der Waals surface area contributed by atoms with Crippen LogP contribution >= 0.6 is 11.8 Å². The molecule has 18 heavy (non-hydrogen) atoms. The predicted octanol–water partition coefficient (Wildman–Crippen LogP) is 2.85. The molecular formula is C13H19N3OS. The smallest absolute Gasteiger partial charge is 0.188 e. The first-order valence-electron chi connectivity index (χ1n) is 6.30. The molecule has 0 aliphatic heterocycles. The fraction of sp³-hybridized carbons (Fsp3) is 0.538. The molecule has 0 aromatic carbocycles. The molecule has 0 radical (unpaired) electrons. The maximum atomic E-state index is 8.65. The summed E-state index contributed by atoms with van der Waals surface area (Å²) < 4.78 is 0. The number of nitrogens with zero attached hydrogens (tertiary/aromatic N) is 2. The molecule has 2 rings (SSSR count). The standard InChI is InChI=1S/C13H19N3OS/c1-9-4-2-5-10(8-9)18-12-7-3-6-11(15-12)13(14)16-17/h3,6-7,9-10,17H,2,4-5,8H2,1H3,(H2,14,16). The third kappa shape index (κ3) is 3.38. The van der Waals surface area contributed by atoms with Gasteiger partial charge in [-0.25, -0.2) is 4.98 Å². The van der Waals surface area contributed by atoms with Crippen LogP contribution in [0.5, 0.6) is 0 Å². The Labute approximate surface area is 112 Å². The van der Waals surface area contributed by atoms with Crippen molar-refractivity contribution in [1.29, 1.82) is 0 Å². The van der Waals surface area contributed by atoms with E-state index in [-0.39, 0.29) is 5.84 Å².